The molecule has 0 radical (unpaired) electrons. The van der Waals surface area contributed by atoms with Gasteiger partial charge in [-0.3, -0.25) is 9.48 Å². The Labute approximate surface area is 140 Å². The maximum Gasteiger partial charge on any atom is 0.435 e. The summed E-state index contributed by atoms with van der Waals surface area (Å²) in [5, 5.41) is 6.01. The lowest BCUT2D eigenvalue weighted by atomic mass is 10.1. The standard InChI is InChI=1S/C16H16F5N3O/c1-10-8-14(16(19,20)21)23-24(10)7-6-22-15(25)5-3-11-2-4-12(17)13(18)9-11/h2,4,8-9H,3,5-7H2,1H3,(H,22,25). The van der Waals surface area contributed by atoms with Crippen molar-refractivity contribution in [3.05, 3.63) is 52.9 Å². The molecule has 0 bridgehead atoms. The van der Waals surface area contributed by atoms with Gasteiger partial charge in [0.25, 0.3) is 0 Å². The number of aryl methyl sites for hydroxylation is 2. The van der Waals surface area contributed by atoms with Crippen molar-refractivity contribution in [2.75, 3.05) is 6.54 Å². The summed E-state index contributed by atoms with van der Waals surface area (Å²) in [4.78, 5) is 11.7. The average Bonchev–Trinajstić information content (AvgIpc) is 2.90. The number of halogens is 5. The van der Waals surface area contributed by atoms with Crippen LogP contribution in [-0.2, 0) is 23.9 Å². The van der Waals surface area contributed by atoms with E-state index in [2.05, 4.69) is 10.4 Å². The predicted octanol–water partition coefficient (Wildman–Crippen LogP) is 3.24. The van der Waals surface area contributed by atoms with Gasteiger partial charge < -0.3 is 5.32 Å². The van der Waals surface area contributed by atoms with Crippen LogP contribution in [0.2, 0.25) is 0 Å². The summed E-state index contributed by atoms with van der Waals surface area (Å²) >= 11 is 0. The van der Waals surface area contributed by atoms with Crippen molar-refractivity contribution in [1.29, 1.82) is 0 Å². The first-order valence-corrected chi connectivity index (χ1v) is 7.49. The fourth-order valence-corrected chi connectivity index (χ4v) is 2.22. The molecule has 0 unspecified atom stereocenters. The number of hydrogen-bond donors (Lipinski definition) is 1. The summed E-state index contributed by atoms with van der Waals surface area (Å²) in [6.07, 6.45) is -4.23. The molecule has 1 aromatic heterocycles. The number of hydrogen-bond acceptors (Lipinski definition) is 2. The summed E-state index contributed by atoms with van der Waals surface area (Å²) in [5.74, 6) is -2.28. The number of rotatable bonds is 6. The van der Waals surface area contributed by atoms with Gasteiger partial charge in [0, 0.05) is 18.7 Å². The van der Waals surface area contributed by atoms with Gasteiger partial charge in [-0.15, -0.1) is 0 Å². The number of alkyl halides is 3. The molecule has 0 spiro atoms. The highest BCUT2D eigenvalue weighted by atomic mass is 19.4. The highest BCUT2D eigenvalue weighted by Gasteiger charge is 2.34. The van der Waals surface area contributed by atoms with E-state index in [4.69, 9.17) is 0 Å². The molecule has 4 nitrogen and oxygen atoms in total. The van der Waals surface area contributed by atoms with Crippen LogP contribution in [0, 0.1) is 18.6 Å². The number of carbonyl (C=O) groups excluding carboxylic acids is 1. The molecule has 0 aliphatic rings. The number of amides is 1. The van der Waals surface area contributed by atoms with E-state index in [1.807, 2.05) is 0 Å². The SMILES string of the molecule is Cc1cc(C(F)(F)F)nn1CCNC(=O)CCc1ccc(F)c(F)c1. The Morgan fingerprint density at radius 3 is 2.52 bits per heavy atom. The highest BCUT2D eigenvalue weighted by molar-refractivity contribution is 5.76. The van der Waals surface area contributed by atoms with Crippen LogP contribution in [0.4, 0.5) is 22.0 Å². The Morgan fingerprint density at radius 2 is 1.92 bits per heavy atom. The Morgan fingerprint density at radius 1 is 1.20 bits per heavy atom. The van der Waals surface area contributed by atoms with E-state index < -0.39 is 23.5 Å². The molecule has 25 heavy (non-hydrogen) atoms. The molecule has 0 saturated heterocycles. The first-order chi connectivity index (χ1) is 11.7. The molecule has 1 N–H and O–H groups in total. The molecule has 0 saturated carbocycles. The van der Waals surface area contributed by atoms with E-state index in [0.29, 0.717) is 11.3 Å². The fraction of sp³-hybridized carbons (Fsp3) is 0.375. The first-order valence-electron chi connectivity index (χ1n) is 7.49. The van der Waals surface area contributed by atoms with Crippen molar-refractivity contribution in [2.24, 2.45) is 0 Å². The zero-order valence-corrected chi connectivity index (χ0v) is 13.3. The lowest BCUT2D eigenvalue weighted by Gasteiger charge is -2.07. The van der Waals surface area contributed by atoms with Gasteiger partial charge in [-0.05, 0) is 37.1 Å². The number of benzene rings is 1. The topological polar surface area (TPSA) is 46.9 Å². The van der Waals surface area contributed by atoms with E-state index in [1.165, 1.54) is 17.7 Å². The second kappa shape index (κ2) is 7.62. The van der Waals surface area contributed by atoms with Crippen molar-refractivity contribution in [3.63, 3.8) is 0 Å². The van der Waals surface area contributed by atoms with Gasteiger partial charge >= 0.3 is 6.18 Å². The molecule has 0 aliphatic carbocycles. The van der Waals surface area contributed by atoms with Gasteiger partial charge in [0.2, 0.25) is 5.91 Å². The van der Waals surface area contributed by atoms with Crippen molar-refractivity contribution in [3.8, 4) is 0 Å². The molecule has 2 rings (SSSR count). The minimum absolute atomic E-state index is 0.0525. The average molecular weight is 361 g/mol. The minimum Gasteiger partial charge on any atom is -0.354 e. The Hall–Kier alpha value is -2.45. The van der Waals surface area contributed by atoms with Crippen LogP contribution in [0.25, 0.3) is 0 Å². The third kappa shape index (κ3) is 5.27. The second-order valence-corrected chi connectivity index (χ2v) is 5.49. The van der Waals surface area contributed by atoms with Gasteiger partial charge in [-0.25, -0.2) is 8.78 Å². The number of nitrogens with zero attached hydrogens (tertiary/aromatic N) is 2. The van der Waals surface area contributed by atoms with Gasteiger partial charge in [0.05, 0.1) is 6.54 Å². The maximum absolute atomic E-state index is 13.1. The first kappa shape index (κ1) is 18.9. The smallest absolute Gasteiger partial charge is 0.354 e. The van der Waals surface area contributed by atoms with E-state index in [0.717, 1.165) is 18.2 Å². The van der Waals surface area contributed by atoms with E-state index >= 15 is 0 Å². The third-order valence-electron chi connectivity index (χ3n) is 3.54. The summed E-state index contributed by atoms with van der Waals surface area (Å²) in [7, 11) is 0. The van der Waals surface area contributed by atoms with Crippen molar-refractivity contribution < 1.29 is 26.7 Å². The Bertz CT molecular complexity index is 755. The molecule has 2 aromatic rings. The fourth-order valence-electron chi connectivity index (χ4n) is 2.22. The molecule has 1 aromatic carbocycles. The third-order valence-corrected chi connectivity index (χ3v) is 3.54. The van der Waals surface area contributed by atoms with Crippen molar-refractivity contribution in [2.45, 2.75) is 32.5 Å². The zero-order chi connectivity index (χ0) is 18.6. The van der Waals surface area contributed by atoms with E-state index in [-0.39, 0.29) is 31.8 Å². The number of nitrogens with one attached hydrogen (secondary N) is 1. The molecule has 1 amide bonds. The Balaban J connectivity index is 1.79. The van der Waals surface area contributed by atoms with Crippen molar-refractivity contribution in [1.82, 2.24) is 15.1 Å². The number of carbonyl (C=O) groups is 1. The lowest BCUT2D eigenvalue weighted by molar-refractivity contribution is -0.141. The Kier molecular flexibility index (Phi) is 5.76. The number of aromatic nitrogens is 2. The van der Waals surface area contributed by atoms with Crippen LogP contribution in [0.3, 0.4) is 0 Å². The molecule has 0 aliphatic heterocycles. The maximum atomic E-state index is 13.1. The molecule has 136 valence electrons. The highest BCUT2D eigenvalue weighted by Crippen LogP contribution is 2.28. The van der Waals surface area contributed by atoms with Crippen molar-refractivity contribution >= 4 is 5.91 Å². The van der Waals surface area contributed by atoms with Crippen LogP contribution in [-0.4, -0.2) is 22.2 Å². The van der Waals surface area contributed by atoms with E-state index in [1.54, 1.807) is 0 Å². The van der Waals surface area contributed by atoms with Gasteiger partial charge in [-0.2, -0.15) is 18.3 Å². The monoisotopic (exact) mass is 361 g/mol. The normalized spacial score (nSPS) is 11.6. The largest absolute Gasteiger partial charge is 0.435 e. The molecule has 1 heterocycles. The minimum atomic E-state index is -4.51. The van der Waals surface area contributed by atoms with Gasteiger partial charge in [0.15, 0.2) is 17.3 Å². The quantitative estimate of drug-likeness (QED) is 0.803. The lowest BCUT2D eigenvalue weighted by Crippen LogP contribution is -2.28. The molecule has 0 atom stereocenters. The molecule has 0 fully saturated rings. The van der Waals surface area contributed by atoms with Crippen LogP contribution in [0.15, 0.2) is 24.3 Å². The second-order valence-electron chi connectivity index (χ2n) is 5.49. The van der Waals surface area contributed by atoms with Gasteiger partial charge in [-0.1, -0.05) is 6.07 Å². The van der Waals surface area contributed by atoms with Gasteiger partial charge in [0.1, 0.15) is 0 Å². The molecular weight excluding hydrogens is 345 g/mol. The van der Waals surface area contributed by atoms with Crippen LogP contribution in [0.1, 0.15) is 23.4 Å². The summed E-state index contributed by atoms with van der Waals surface area (Å²) < 4.78 is 64.7. The summed E-state index contributed by atoms with van der Waals surface area (Å²) in [6.45, 7) is 1.70. The molecule has 9 heteroatoms. The summed E-state index contributed by atoms with van der Waals surface area (Å²) in [5.41, 5.74) is -0.162. The zero-order valence-electron chi connectivity index (χ0n) is 13.3. The summed E-state index contributed by atoms with van der Waals surface area (Å²) in [6, 6.07) is 4.33. The molecular formula is C16H16F5N3O. The van der Waals surface area contributed by atoms with E-state index in [9.17, 15) is 26.7 Å². The predicted molar refractivity (Wildman–Crippen MR) is 79.7 cm³/mol. The van der Waals surface area contributed by atoms with Crippen LogP contribution < -0.4 is 5.32 Å². The van der Waals surface area contributed by atoms with Crippen LogP contribution in [0.5, 0.6) is 0 Å². The van der Waals surface area contributed by atoms with Crippen LogP contribution >= 0.6 is 0 Å².